The molecule has 3 aliphatic heterocycles. The molecule has 39 heavy (non-hydrogen) atoms. The molecule has 0 spiro atoms. The molecule has 6 rings (SSSR count). The summed E-state index contributed by atoms with van der Waals surface area (Å²) in [6.07, 6.45) is -1.27. The number of fused-ring (bicyclic) bond motifs is 5. The average molecular weight is 533 g/mol. The number of imide groups is 1. The van der Waals surface area contributed by atoms with Crippen LogP contribution in [0.5, 0.6) is 0 Å². The van der Waals surface area contributed by atoms with Crippen molar-refractivity contribution in [2.75, 3.05) is 4.90 Å². The number of rotatable bonds is 4. The Balaban J connectivity index is 1.46. The summed E-state index contributed by atoms with van der Waals surface area (Å²) >= 11 is 0. The van der Waals surface area contributed by atoms with Crippen molar-refractivity contribution in [3.05, 3.63) is 111 Å². The Morgan fingerprint density at radius 1 is 0.897 bits per heavy atom. The van der Waals surface area contributed by atoms with Crippen molar-refractivity contribution in [3.63, 3.8) is 0 Å². The fourth-order valence-corrected chi connectivity index (χ4v) is 5.85. The third kappa shape index (κ3) is 3.72. The quantitative estimate of drug-likeness (QED) is 0.202. The molecule has 0 radical (unpaired) electrons. The van der Waals surface area contributed by atoms with Crippen molar-refractivity contribution in [2.24, 2.45) is 11.8 Å². The summed E-state index contributed by atoms with van der Waals surface area (Å²) in [6.45, 7) is 0. The molecule has 2 saturated heterocycles. The normalized spacial score (nSPS) is 23.5. The van der Waals surface area contributed by atoms with Gasteiger partial charge in [0.2, 0.25) is 11.8 Å². The van der Waals surface area contributed by atoms with Gasteiger partial charge in [-0.15, -0.1) is 0 Å². The van der Waals surface area contributed by atoms with Gasteiger partial charge in [0, 0.05) is 23.9 Å². The number of nitro groups is 1. The standard InChI is InChI=1S/C28H18F3N3O5/c29-28(30,31)17-5-3-6-19(14-17)33-26(36)21-22(27(33)37)24(25(35)16-8-10-18(11-9-16)34(38)39)32-13-12-15-4-1-2-7-20(15)23(21)32/h1-14,21-24H. The molecule has 8 nitrogen and oxygen atoms in total. The van der Waals surface area contributed by atoms with Gasteiger partial charge in [0.1, 0.15) is 6.04 Å². The van der Waals surface area contributed by atoms with E-state index in [1.807, 2.05) is 6.07 Å². The van der Waals surface area contributed by atoms with E-state index in [1.165, 1.54) is 30.3 Å². The zero-order valence-electron chi connectivity index (χ0n) is 19.9. The van der Waals surface area contributed by atoms with Crippen molar-refractivity contribution in [1.82, 2.24) is 4.90 Å². The highest BCUT2D eigenvalue weighted by Gasteiger charge is 2.64. The maximum absolute atomic E-state index is 13.8. The van der Waals surface area contributed by atoms with E-state index in [4.69, 9.17) is 0 Å². The van der Waals surface area contributed by atoms with Crippen LogP contribution in [0.1, 0.15) is 33.1 Å². The van der Waals surface area contributed by atoms with Crippen LogP contribution in [0.3, 0.4) is 0 Å². The van der Waals surface area contributed by atoms with E-state index in [0.717, 1.165) is 28.7 Å². The number of amides is 2. The number of halogens is 3. The topological polar surface area (TPSA) is 101 Å². The Bertz CT molecular complexity index is 1580. The zero-order valence-corrected chi connectivity index (χ0v) is 19.9. The molecule has 4 atom stereocenters. The summed E-state index contributed by atoms with van der Waals surface area (Å²) in [7, 11) is 0. The van der Waals surface area contributed by atoms with Crippen LogP contribution in [-0.2, 0) is 15.8 Å². The minimum atomic E-state index is -4.68. The number of ketones is 1. The first-order valence-electron chi connectivity index (χ1n) is 12.0. The number of nitro benzene ring substituents is 1. The van der Waals surface area contributed by atoms with Gasteiger partial charge in [-0.2, -0.15) is 13.2 Å². The first-order chi connectivity index (χ1) is 18.6. The van der Waals surface area contributed by atoms with E-state index in [2.05, 4.69) is 0 Å². The number of hydrogen-bond donors (Lipinski definition) is 0. The highest BCUT2D eigenvalue weighted by atomic mass is 19.4. The predicted molar refractivity (Wildman–Crippen MR) is 132 cm³/mol. The van der Waals surface area contributed by atoms with E-state index in [-0.39, 0.29) is 16.9 Å². The van der Waals surface area contributed by atoms with Gasteiger partial charge in [0.05, 0.1) is 34.1 Å². The predicted octanol–water partition coefficient (Wildman–Crippen LogP) is 5.01. The molecule has 2 fully saturated rings. The van der Waals surface area contributed by atoms with Crippen LogP contribution in [0, 0.1) is 22.0 Å². The Morgan fingerprint density at radius 2 is 1.59 bits per heavy atom. The van der Waals surface area contributed by atoms with Crippen LogP contribution in [0.2, 0.25) is 0 Å². The first-order valence-corrected chi connectivity index (χ1v) is 12.0. The lowest BCUT2D eigenvalue weighted by atomic mass is 9.83. The molecule has 2 amide bonds. The van der Waals surface area contributed by atoms with Gasteiger partial charge in [-0.25, -0.2) is 4.90 Å². The number of alkyl halides is 3. The Kier molecular flexibility index (Phi) is 5.42. The van der Waals surface area contributed by atoms with E-state index in [9.17, 15) is 37.7 Å². The van der Waals surface area contributed by atoms with Crippen molar-refractivity contribution in [1.29, 1.82) is 0 Å². The molecule has 0 bridgehead atoms. The van der Waals surface area contributed by atoms with Crippen molar-refractivity contribution >= 4 is 35.0 Å². The second-order valence-electron chi connectivity index (χ2n) is 9.56. The SMILES string of the molecule is O=C(c1ccc([N+](=O)[O-])cc1)C1C2C(=O)N(c3cccc(C(F)(F)F)c3)C(=O)C2C2c3ccccc3C=CN12. The lowest BCUT2D eigenvalue weighted by Crippen LogP contribution is -2.44. The second-order valence-corrected chi connectivity index (χ2v) is 9.56. The van der Waals surface area contributed by atoms with Crippen LogP contribution in [0.25, 0.3) is 6.08 Å². The van der Waals surface area contributed by atoms with Crippen molar-refractivity contribution in [3.8, 4) is 0 Å². The maximum atomic E-state index is 13.8. The molecular formula is C28H18F3N3O5. The molecule has 0 aromatic heterocycles. The van der Waals surface area contributed by atoms with E-state index in [1.54, 1.807) is 35.4 Å². The van der Waals surface area contributed by atoms with Gasteiger partial charge in [-0.3, -0.25) is 24.5 Å². The number of benzene rings is 3. The van der Waals surface area contributed by atoms with Gasteiger partial charge in [-0.1, -0.05) is 30.3 Å². The number of carbonyl (C=O) groups excluding carboxylic acids is 3. The fourth-order valence-electron chi connectivity index (χ4n) is 5.85. The summed E-state index contributed by atoms with van der Waals surface area (Å²) in [6, 6.07) is 14.2. The summed E-state index contributed by atoms with van der Waals surface area (Å²) < 4.78 is 40.2. The largest absolute Gasteiger partial charge is 0.416 e. The fraction of sp³-hybridized carbons (Fsp3) is 0.179. The van der Waals surface area contributed by atoms with E-state index >= 15 is 0 Å². The molecule has 3 aromatic carbocycles. The van der Waals surface area contributed by atoms with Gasteiger partial charge < -0.3 is 4.90 Å². The van der Waals surface area contributed by atoms with Gasteiger partial charge in [0.15, 0.2) is 5.78 Å². The molecule has 0 N–H and O–H groups in total. The summed E-state index contributed by atoms with van der Waals surface area (Å²) in [5.41, 5.74) is 0.156. The first kappa shape index (κ1) is 24.5. The van der Waals surface area contributed by atoms with Gasteiger partial charge >= 0.3 is 6.18 Å². The third-order valence-corrected chi connectivity index (χ3v) is 7.52. The molecule has 0 saturated carbocycles. The third-order valence-electron chi connectivity index (χ3n) is 7.52. The Labute approximate surface area is 219 Å². The van der Waals surface area contributed by atoms with Crippen LogP contribution in [0.4, 0.5) is 24.5 Å². The highest BCUT2D eigenvalue weighted by Crippen LogP contribution is 2.54. The lowest BCUT2D eigenvalue weighted by molar-refractivity contribution is -0.384. The van der Waals surface area contributed by atoms with Gasteiger partial charge in [-0.05, 0) is 47.5 Å². The van der Waals surface area contributed by atoms with Gasteiger partial charge in [0.25, 0.3) is 5.69 Å². The molecule has 3 aromatic rings. The Morgan fingerprint density at radius 3 is 2.28 bits per heavy atom. The Hall–Kier alpha value is -4.80. The number of carbonyl (C=O) groups is 3. The number of non-ortho nitro benzene ring substituents is 1. The summed E-state index contributed by atoms with van der Waals surface area (Å²) in [5, 5.41) is 11.1. The minimum Gasteiger partial charge on any atom is -0.358 e. The molecular weight excluding hydrogens is 515 g/mol. The number of hydrogen-bond acceptors (Lipinski definition) is 6. The van der Waals surface area contributed by atoms with Crippen molar-refractivity contribution < 1.29 is 32.5 Å². The maximum Gasteiger partial charge on any atom is 0.416 e. The van der Waals surface area contributed by atoms with Crippen LogP contribution in [-0.4, -0.2) is 33.5 Å². The average Bonchev–Trinajstić information content (AvgIpc) is 3.40. The summed E-state index contributed by atoms with van der Waals surface area (Å²) in [4.78, 5) is 54.4. The molecule has 196 valence electrons. The van der Waals surface area contributed by atoms with Crippen LogP contribution >= 0.6 is 0 Å². The van der Waals surface area contributed by atoms with Crippen molar-refractivity contribution in [2.45, 2.75) is 18.3 Å². The van der Waals surface area contributed by atoms with Crippen LogP contribution < -0.4 is 4.90 Å². The zero-order chi connectivity index (χ0) is 27.6. The van der Waals surface area contributed by atoms with E-state index in [0.29, 0.717) is 5.56 Å². The molecule has 3 aliphatic rings. The number of Topliss-reactive ketones (excluding diaryl/α,β-unsaturated/α-hetero) is 1. The highest BCUT2D eigenvalue weighted by molar-refractivity contribution is 6.24. The lowest BCUT2D eigenvalue weighted by Gasteiger charge is -2.35. The second kappa shape index (κ2) is 8.62. The summed E-state index contributed by atoms with van der Waals surface area (Å²) in [5.74, 6) is -4.22. The monoisotopic (exact) mass is 533 g/mol. The number of anilines is 1. The smallest absolute Gasteiger partial charge is 0.358 e. The molecule has 11 heteroatoms. The van der Waals surface area contributed by atoms with E-state index < -0.39 is 58.2 Å². The van der Waals surface area contributed by atoms with Crippen LogP contribution in [0.15, 0.2) is 79.0 Å². The number of nitrogens with zero attached hydrogens (tertiary/aromatic N) is 3. The molecule has 4 unspecified atom stereocenters. The minimum absolute atomic E-state index is 0.107. The molecule has 0 aliphatic carbocycles. The molecule has 3 heterocycles.